The predicted molar refractivity (Wildman–Crippen MR) is 79.2 cm³/mol. The van der Waals surface area contributed by atoms with Gasteiger partial charge in [-0.3, -0.25) is 4.90 Å². The minimum absolute atomic E-state index is 0.204. The highest BCUT2D eigenvalue weighted by atomic mass is 16.4. The molecule has 3 rings (SSSR count). The van der Waals surface area contributed by atoms with Crippen LogP contribution < -0.4 is 10.6 Å². The smallest absolute Gasteiger partial charge is 0.337 e. The number of benzene rings is 1. The van der Waals surface area contributed by atoms with Gasteiger partial charge in [-0.25, -0.2) is 4.79 Å². The molecule has 5 heteroatoms. The lowest BCUT2D eigenvalue weighted by atomic mass is 10.1. The number of nitrogens with zero attached hydrogens (tertiary/aromatic N) is 2. The molecular formula is C15H21N3O2. The van der Waals surface area contributed by atoms with Gasteiger partial charge in [0, 0.05) is 37.1 Å². The third-order valence-electron chi connectivity index (χ3n) is 4.44. The van der Waals surface area contributed by atoms with Crippen molar-refractivity contribution >= 4 is 17.3 Å². The van der Waals surface area contributed by atoms with Crippen molar-refractivity contribution in [1.29, 1.82) is 0 Å². The summed E-state index contributed by atoms with van der Waals surface area (Å²) in [6.07, 6.45) is 3.65. The standard InChI is InChI=1S/C15H21N3O2/c16-14-5-4-11(9-13(14)15(19)20)18-8-2-7-17-6-1-3-12(17)10-18/h4-5,9,12H,1-3,6-8,10,16H2,(H,19,20). The summed E-state index contributed by atoms with van der Waals surface area (Å²) < 4.78 is 0. The Bertz CT molecular complexity index is 518. The first-order chi connectivity index (χ1) is 9.65. The van der Waals surface area contributed by atoms with Gasteiger partial charge in [-0.15, -0.1) is 0 Å². The van der Waals surface area contributed by atoms with Crippen LogP contribution in [0.15, 0.2) is 18.2 Å². The molecule has 2 heterocycles. The summed E-state index contributed by atoms with van der Waals surface area (Å²) in [6, 6.07) is 5.97. The SMILES string of the molecule is Nc1ccc(N2CCCN3CCCC3C2)cc1C(=O)O. The van der Waals surface area contributed by atoms with Crippen LogP contribution in [0.3, 0.4) is 0 Å². The molecule has 5 nitrogen and oxygen atoms in total. The highest BCUT2D eigenvalue weighted by Gasteiger charge is 2.29. The Morgan fingerprint density at radius 3 is 2.85 bits per heavy atom. The summed E-state index contributed by atoms with van der Waals surface area (Å²) in [7, 11) is 0. The molecule has 0 spiro atoms. The quantitative estimate of drug-likeness (QED) is 0.803. The molecule has 2 aliphatic heterocycles. The zero-order chi connectivity index (χ0) is 14.1. The summed E-state index contributed by atoms with van der Waals surface area (Å²) in [5.41, 5.74) is 7.24. The lowest BCUT2D eigenvalue weighted by Crippen LogP contribution is -2.36. The number of carbonyl (C=O) groups is 1. The van der Waals surface area contributed by atoms with Crippen LogP contribution in [0, 0.1) is 0 Å². The van der Waals surface area contributed by atoms with Gasteiger partial charge >= 0.3 is 5.97 Å². The minimum atomic E-state index is -0.957. The summed E-state index contributed by atoms with van der Waals surface area (Å²) >= 11 is 0. The Labute approximate surface area is 119 Å². The Morgan fingerprint density at radius 2 is 2.05 bits per heavy atom. The molecule has 1 unspecified atom stereocenters. The lowest BCUT2D eigenvalue weighted by Gasteiger charge is -2.27. The summed E-state index contributed by atoms with van der Waals surface area (Å²) in [5, 5.41) is 9.19. The van der Waals surface area contributed by atoms with Crippen LogP contribution in [0.2, 0.25) is 0 Å². The van der Waals surface area contributed by atoms with E-state index in [2.05, 4.69) is 9.80 Å². The van der Waals surface area contributed by atoms with Crippen LogP contribution >= 0.6 is 0 Å². The van der Waals surface area contributed by atoms with E-state index in [9.17, 15) is 9.90 Å². The normalized spacial score (nSPS) is 23.4. The Morgan fingerprint density at radius 1 is 1.25 bits per heavy atom. The number of nitrogens with two attached hydrogens (primary N) is 1. The third-order valence-corrected chi connectivity index (χ3v) is 4.44. The molecule has 2 saturated heterocycles. The zero-order valence-electron chi connectivity index (χ0n) is 11.6. The molecule has 0 amide bonds. The molecular weight excluding hydrogens is 254 g/mol. The molecule has 0 radical (unpaired) electrons. The van der Waals surface area contributed by atoms with Crippen molar-refractivity contribution in [3.05, 3.63) is 23.8 Å². The second-order valence-electron chi connectivity index (χ2n) is 5.71. The van der Waals surface area contributed by atoms with Crippen LogP contribution in [-0.2, 0) is 0 Å². The van der Waals surface area contributed by atoms with Gasteiger partial charge in [0.15, 0.2) is 0 Å². The minimum Gasteiger partial charge on any atom is -0.478 e. The fourth-order valence-corrected chi connectivity index (χ4v) is 3.37. The molecule has 20 heavy (non-hydrogen) atoms. The number of carboxylic acids is 1. The van der Waals surface area contributed by atoms with Gasteiger partial charge in [-0.2, -0.15) is 0 Å². The molecule has 1 atom stereocenters. The van der Waals surface area contributed by atoms with Crippen molar-refractivity contribution in [3.63, 3.8) is 0 Å². The van der Waals surface area contributed by atoms with E-state index < -0.39 is 5.97 Å². The van der Waals surface area contributed by atoms with Crippen molar-refractivity contribution in [2.75, 3.05) is 36.8 Å². The van der Waals surface area contributed by atoms with Crippen molar-refractivity contribution < 1.29 is 9.90 Å². The Balaban J connectivity index is 1.84. The Hall–Kier alpha value is -1.75. The topological polar surface area (TPSA) is 69.8 Å². The van der Waals surface area contributed by atoms with Gasteiger partial charge in [0.05, 0.1) is 5.56 Å². The van der Waals surface area contributed by atoms with E-state index in [-0.39, 0.29) is 5.56 Å². The maximum Gasteiger partial charge on any atom is 0.337 e. The van der Waals surface area contributed by atoms with Gasteiger partial charge in [-0.05, 0) is 44.0 Å². The summed E-state index contributed by atoms with van der Waals surface area (Å²) in [6.45, 7) is 4.33. The summed E-state index contributed by atoms with van der Waals surface area (Å²) in [5.74, 6) is -0.957. The molecule has 1 aromatic rings. The molecule has 1 aromatic carbocycles. The zero-order valence-corrected chi connectivity index (χ0v) is 11.6. The van der Waals surface area contributed by atoms with Crippen LogP contribution in [-0.4, -0.2) is 48.2 Å². The van der Waals surface area contributed by atoms with Gasteiger partial charge < -0.3 is 15.7 Å². The first-order valence-electron chi connectivity index (χ1n) is 7.27. The highest BCUT2D eigenvalue weighted by Crippen LogP contribution is 2.27. The van der Waals surface area contributed by atoms with Gasteiger partial charge in [0.25, 0.3) is 0 Å². The molecule has 3 N–H and O–H groups in total. The molecule has 108 valence electrons. The molecule has 0 aliphatic carbocycles. The first-order valence-corrected chi connectivity index (χ1v) is 7.27. The largest absolute Gasteiger partial charge is 0.478 e. The van der Waals surface area contributed by atoms with E-state index in [1.54, 1.807) is 12.1 Å². The van der Waals surface area contributed by atoms with E-state index in [0.29, 0.717) is 11.7 Å². The van der Waals surface area contributed by atoms with Crippen LogP contribution in [0.1, 0.15) is 29.6 Å². The number of rotatable bonds is 2. The maximum atomic E-state index is 11.2. The number of carboxylic acid groups (broad SMARTS) is 1. The van der Waals surface area contributed by atoms with E-state index in [1.165, 1.54) is 19.4 Å². The number of nitrogen functional groups attached to an aromatic ring is 1. The lowest BCUT2D eigenvalue weighted by molar-refractivity contribution is 0.0698. The number of hydrogen-bond acceptors (Lipinski definition) is 4. The number of fused-ring (bicyclic) bond motifs is 1. The second kappa shape index (κ2) is 5.32. The molecule has 2 aliphatic rings. The van der Waals surface area contributed by atoms with E-state index in [1.807, 2.05) is 6.07 Å². The van der Waals surface area contributed by atoms with Crippen molar-refractivity contribution in [2.24, 2.45) is 0 Å². The van der Waals surface area contributed by atoms with Crippen LogP contribution in [0.4, 0.5) is 11.4 Å². The van der Waals surface area contributed by atoms with E-state index in [4.69, 9.17) is 5.73 Å². The third kappa shape index (κ3) is 2.45. The number of hydrogen-bond donors (Lipinski definition) is 2. The average Bonchev–Trinajstić information content (AvgIpc) is 2.76. The van der Waals surface area contributed by atoms with Gasteiger partial charge in [0.1, 0.15) is 0 Å². The Kier molecular flexibility index (Phi) is 3.53. The molecule has 0 bridgehead atoms. The average molecular weight is 275 g/mol. The molecule has 0 aromatic heterocycles. The van der Waals surface area contributed by atoms with Gasteiger partial charge in [0.2, 0.25) is 0 Å². The fourth-order valence-electron chi connectivity index (χ4n) is 3.37. The van der Waals surface area contributed by atoms with E-state index in [0.717, 1.165) is 31.7 Å². The van der Waals surface area contributed by atoms with Gasteiger partial charge in [-0.1, -0.05) is 0 Å². The molecule has 2 fully saturated rings. The first kappa shape index (κ1) is 13.2. The predicted octanol–water partition coefficient (Wildman–Crippen LogP) is 1.64. The highest BCUT2D eigenvalue weighted by molar-refractivity contribution is 5.94. The van der Waals surface area contributed by atoms with Crippen molar-refractivity contribution in [2.45, 2.75) is 25.3 Å². The van der Waals surface area contributed by atoms with Crippen LogP contribution in [0.25, 0.3) is 0 Å². The monoisotopic (exact) mass is 275 g/mol. The number of anilines is 2. The maximum absolute atomic E-state index is 11.2. The second-order valence-corrected chi connectivity index (χ2v) is 5.71. The van der Waals surface area contributed by atoms with Crippen LogP contribution in [0.5, 0.6) is 0 Å². The van der Waals surface area contributed by atoms with E-state index >= 15 is 0 Å². The molecule has 0 saturated carbocycles. The van der Waals surface area contributed by atoms with Crippen molar-refractivity contribution in [1.82, 2.24) is 4.90 Å². The van der Waals surface area contributed by atoms with Crippen molar-refractivity contribution in [3.8, 4) is 0 Å². The number of aromatic carboxylic acids is 1. The summed E-state index contributed by atoms with van der Waals surface area (Å²) in [4.78, 5) is 16.1. The fraction of sp³-hybridized carbons (Fsp3) is 0.533.